The van der Waals surface area contributed by atoms with Crippen LogP contribution in [0, 0.1) is 0 Å². The van der Waals surface area contributed by atoms with E-state index in [9.17, 15) is 18.0 Å². The summed E-state index contributed by atoms with van der Waals surface area (Å²) in [6.45, 7) is 1.21. The number of urea groups is 1. The Bertz CT molecular complexity index is 873. The molecular weight excluding hydrogens is 377 g/mol. The van der Waals surface area contributed by atoms with Crippen LogP contribution >= 0.6 is 0 Å². The van der Waals surface area contributed by atoms with Crippen LogP contribution in [0.25, 0.3) is 0 Å². The lowest BCUT2D eigenvalue weighted by molar-refractivity contribution is -0.137. The first kappa shape index (κ1) is 18.2. The van der Waals surface area contributed by atoms with Gasteiger partial charge in [-0.15, -0.1) is 0 Å². The number of nitrogens with one attached hydrogen (secondary N) is 2. The molecule has 1 fully saturated rings. The molecule has 10 heteroatoms. The van der Waals surface area contributed by atoms with Crippen molar-refractivity contribution in [2.75, 3.05) is 30.1 Å². The Morgan fingerprint density at radius 1 is 1.18 bits per heavy atom. The molecule has 1 atom stereocenters. The molecule has 0 saturated carbocycles. The first-order valence-electron chi connectivity index (χ1n) is 8.64. The highest BCUT2D eigenvalue weighted by Gasteiger charge is 2.31. The molecule has 148 valence electrons. The number of hydrogen-bond acceptors (Lipinski definition) is 5. The van der Waals surface area contributed by atoms with Crippen LogP contribution in [0.5, 0.6) is 11.5 Å². The van der Waals surface area contributed by atoms with Crippen LogP contribution in [0.3, 0.4) is 0 Å². The van der Waals surface area contributed by atoms with E-state index in [-0.39, 0.29) is 18.9 Å². The number of hydrogen-bond donors (Lipinski definition) is 2. The average Bonchev–Trinajstić information content (AvgIpc) is 3.30. The van der Waals surface area contributed by atoms with Crippen molar-refractivity contribution < 1.29 is 27.4 Å². The van der Waals surface area contributed by atoms with Crippen molar-refractivity contribution >= 4 is 17.5 Å². The number of amides is 2. The normalized spacial score (nSPS) is 18.2. The number of carbonyl (C=O) groups excluding carboxylic acids is 1. The molecule has 0 spiro atoms. The predicted molar refractivity (Wildman–Crippen MR) is 94.6 cm³/mol. The summed E-state index contributed by atoms with van der Waals surface area (Å²) in [6, 6.07) is 6.94. The van der Waals surface area contributed by atoms with Crippen LogP contribution in [0.4, 0.5) is 29.5 Å². The van der Waals surface area contributed by atoms with E-state index in [1.165, 1.54) is 6.07 Å². The Balaban J connectivity index is 1.31. The van der Waals surface area contributed by atoms with E-state index in [0.717, 1.165) is 12.3 Å². The molecule has 1 aromatic carbocycles. The molecule has 0 aliphatic carbocycles. The first-order chi connectivity index (χ1) is 13.4. The summed E-state index contributed by atoms with van der Waals surface area (Å²) in [5.41, 5.74) is -0.214. The number of fused-ring (bicyclic) bond motifs is 1. The number of anilines is 2. The second-order valence-electron chi connectivity index (χ2n) is 6.50. The number of rotatable bonds is 3. The molecule has 0 radical (unpaired) electrons. The monoisotopic (exact) mass is 394 g/mol. The van der Waals surface area contributed by atoms with Crippen LogP contribution in [-0.2, 0) is 6.18 Å². The van der Waals surface area contributed by atoms with Gasteiger partial charge >= 0.3 is 12.2 Å². The largest absolute Gasteiger partial charge is 0.454 e. The highest BCUT2D eigenvalue weighted by atomic mass is 19.4. The van der Waals surface area contributed by atoms with Gasteiger partial charge in [-0.05, 0) is 30.7 Å². The van der Waals surface area contributed by atoms with Crippen molar-refractivity contribution in [1.29, 1.82) is 0 Å². The van der Waals surface area contributed by atoms with Crippen molar-refractivity contribution in [2.24, 2.45) is 0 Å². The third-order valence-electron chi connectivity index (χ3n) is 4.55. The minimum Gasteiger partial charge on any atom is -0.454 e. The lowest BCUT2D eigenvalue weighted by Crippen LogP contribution is -2.39. The van der Waals surface area contributed by atoms with Gasteiger partial charge in [-0.3, -0.25) is 0 Å². The molecule has 2 N–H and O–H groups in total. The molecule has 2 aliphatic heterocycles. The molecule has 2 amide bonds. The number of alkyl halides is 3. The van der Waals surface area contributed by atoms with Gasteiger partial charge in [-0.25, -0.2) is 9.78 Å². The van der Waals surface area contributed by atoms with Gasteiger partial charge in [0.15, 0.2) is 11.5 Å². The number of aromatic nitrogens is 1. The second-order valence-corrected chi connectivity index (χ2v) is 6.50. The smallest absolute Gasteiger partial charge is 0.417 e. The van der Waals surface area contributed by atoms with Crippen LogP contribution in [0.1, 0.15) is 12.0 Å². The van der Waals surface area contributed by atoms with Gasteiger partial charge in [0.25, 0.3) is 0 Å². The fourth-order valence-electron chi connectivity index (χ4n) is 3.15. The summed E-state index contributed by atoms with van der Waals surface area (Å²) in [6.07, 6.45) is -2.92. The molecule has 0 bridgehead atoms. The minimum atomic E-state index is -4.41. The number of benzene rings is 1. The predicted octanol–water partition coefficient (Wildman–Crippen LogP) is 3.23. The molecule has 28 heavy (non-hydrogen) atoms. The summed E-state index contributed by atoms with van der Waals surface area (Å²) in [7, 11) is 0. The van der Waals surface area contributed by atoms with Gasteiger partial charge < -0.3 is 25.0 Å². The fraction of sp³-hybridized carbons (Fsp3) is 0.333. The van der Waals surface area contributed by atoms with E-state index in [1.807, 2.05) is 4.90 Å². The molecule has 4 rings (SSSR count). The summed E-state index contributed by atoms with van der Waals surface area (Å²) < 4.78 is 48.4. The van der Waals surface area contributed by atoms with Crippen molar-refractivity contribution in [1.82, 2.24) is 10.3 Å². The zero-order valence-corrected chi connectivity index (χ0v) is 14.6. The van der Waals surface area contributed by atoms with E-state index in [0.29, 0.717) is 42.5 Å². The number of nitrogens with zero attached hydrogens (tertiary/aromatic N) is 2. The van der Waals surface area contributed by atoms with Crippen molar-refractivity contribution in [3.8, 4) is 11.5 Å². The maximum atomic E-state index is 12.6. The Morgan fingerprint density at radius 2 is 2.00 bits per heavy atom. The number of carbonyl (C=O) groups is 1. The highest BCUT2D eigenvalue weighted by molar-refractivity contribution is 5.90. The van der Waals surface area contributed by atoms with Crippen LogP contribution in [-0.4, -0.2) is 36.9 Å². The van der Waals surface area contributed by atoms with Gasteiger partial charge in [0.05, 0.1) is 5.56 Å². The Morgan fingerprint density at radius 3 is 2.75 bits per heavy atom. The summed E-state index contributed by atoms with van der Waals surface area (Å²) in [5, 5.41) is 5.59. The quantitative estimate of drug-likeness (QED) is 0.836. The lowest BCUT2D eigenvalue weighted by Gasteiger charge is -2.18. The maximum absolute atomic E-state index is 12.6. The zero-order valence-electron chi connectivity index (χ0n) is 14.6. The average molecular weight is 394 g/mol. The summed E-state index contributed by atoms with van der Waals surface area (Å²) in [5.74, 6) is 1.65. The second kappa shape index (κ2) is 7.10. The SMILES string of the molecule is O=C(Nc1ccc2c(c1)OCO2)NC1CCN(c2ccc(C(F)(F)F)cn2)C1. The molecule has 2 aromatic rings. The Labute approximate surface area is 158 Å². The molecule has 3 heterocycles. The summed E-state index contributed by atoms with van der Waals surface area (Å²) in [4.78, 5) is 17.9. The van der Waals surface area contributed by atoms with E-state index in [2.05, 4.69) is 15.6 Å². The maximum Gasteiger partial charge on any atom is 0.417 e. The Kier molecular flexibility index (Phi) is 4.62. The molecule has 1 unspecified atom stereocenters. The van der Waals surface area contributed by atoms with E-state index in [4.69, 9.17) is 9.47 Å². The standard InChI is InChI=1S/C18H17F3N4O3/c19-18(20,21)11-1-4-16(22-8-11)25-6-5-13(9-25)24-17(26)23-12-2-3-14-15(7-12)28-10-27-14/h1-4,7-8,13H,5-6,9-10H2,(H2,23,24,26). The van der Waals surface area contributed by atoms with Crippen molar-refractivity contribution in [3.05, 3.63) is 42.1 Å². The minimum absolute atomic E-state index is 0.141. The van der Waals surface area contributed by atoms with Crippen LogP contribution < -0.4 is 25.0 Å². The molecule has 1 saturated heterocycles. The van der Waals surface area contributed by atoms with Gasteiger partial charge in [-0.2, -0.15) is 13.2 Å². The van der Waals surface area contributed by atoms with E-state index >= 15 is 0 Å². The zero-order chi connectivity index (χ0) is 19.7. The third-order valence-corrected chi connectivity index (χ3v) is 4.55. The van der Waals surface area contributed by atoms with Crippen molar-refractivity contribution in [2.45, 2.75) is 18.6 Å². The van der Waals surface area contributed by atoms with Gasteiger partial charge in [0.1, 0.15) is 5.82 Å². The van der Waals surface area contributed by atoms with Gasteiger partial charge in [-0.1, -0.05) is 0 Å². The number of ether oxygens (including phenoxy) is 2. The number of halogens is 3. The molecule has 1 aromatic heterocycles. The molecular formula is C18H17F3N4O3. The number of pyridine rings is 1. The highest BCUT2D eigenvalue weighted by Crippen LogP contribution is 2.34. The van der Waals surface area contributed by atoms with Crippen LogP contribution in [0.2, 0.25) is 0 Å². The van der Waals surface area contributed by atoms with Crippen LogP contribution in [0.15, 0.2) is 36.5 Å². The lowest BCUT2D eigenvalue weighted by atomic mass is 10.2. The van der Waals surface area contributed by atoms with Gasteiger partial charge in [0.2, 0.25) is 6.79 Å². The van der Waals surface area contributed by atoms with Gasteiger partial charge in [0, 0.05) is 37.1 Å². The van der Waals surface area contributed by atoms with E-state index in [1.54, 1.807) is 18.2 Å². The van der Waals surface area contributed by atoms with E-state index < -0.39 is 11.7 Å². The van der Waals surface area contributed by atoms with Crippen molar-refractivity contribution in [3.63, 3.8) is 0 Å². The topological polar surface area (TPSA) is 75.7 Å². The Hall–Kier alpha value is -3.17. The summed E-state index contributed by atoms with van der Waals surface area (Å²) >= 11 is 0. The molecule has 2 aliphatic rings. The third kappa shape index (κ3) is 3.90. The fourth-order valence-corrected chi connectivity index (χ4v) is 3.15. The first-order valence-corrected chi connectivity index (χ1v) is 8.64. The molecule has 7 nitrogen and oxygen atoms in total.